The number of Topliss-reactive ketones (excluding diaryl/α,β-unsaturated/α-hetero) is 1. The molecule has 0 spiro atoms. The first-order valence-electron chi connectivity index (χ1n) is 9.94. The van der Waals surface area contributed by atoms with Gasteiger partial charge in [0.1, 0.15) is 0 Å². The molecule has 158 valence electrons. The zero-order valence-corrected chi connectivity index (χ0v) is 17.1. The highest BCUT2D eigenvalue weighted by molar-refractivity contribution is 6.12. The van der Waals surface area contributed by atoms with Gasteiger partial charge in [-0.2, -0.15) is 0 Å². The quantitative estimate of drug-likeness (QED) is 0.414. The summed E-state index contributed by atoms with van der Waals surface area (Å²) in [7, 11) is 0. The van der Waals surface area contributed by atoms with Crippen molar-refractivity contribution in [2.75, 3.05) is 11.9 Å². The summed E-state index contributed by atoms with van der Waals surface area (Å²) in [6.45, 7) is 3.59. The first-order chi connectivity index (χ1) is 15.0. The van der Waals surface area contributed by atoms with Gasteiger partial charge in [0.15, 0.2) is 5.78 Å². The van der Waals surface area contributed by atoms with Gasteiger partial charge in [0.05, 0.1) is 23.9 Å². The number of rotatable bonds is 5. The molecule has 2 amide bonds. The number of para-hydroxylation sites is 2. The number of benzene rings is 2. The number of aromatic nitrogens is 2. The van der Waals surface area contributed by atoms with E-state index in [0.29, 0.717) is 22.2 Å². The Hall–Kier alpha value is -4.07. The van der Waals surface area contributed by atoms with Crippen molar-refractivity contribution < 1.29 is 19.1 Å². The standard InChI is InChI=1S/C23H22N4O4/c1-3-31-23(30)27-13-19(16-9-5-7-11-20(16)27)26-22(29)25-14(2)21(28)17-12-24-18-10-6-4-8-15(17)18/h4-14,24H,3H2,1-2H3,(H2,25,26,29). The lowest BCUT2D eigenvalue weighted by Crippen LogP contribution is -2.41. The largest absolute Gasteiger partial charge is 0.449 e. The third-order valence-corrected chi connectivity index (χ3v) is 5.02. The normalized spacial score (nSPS) is 11.9. The molecule has 8 heteroatoms. The lowest BCUT2D eigenvalue weighted by atomic mass is 10.0. The molecule has 2 heterocycles. The summed E-state index contributed by atoms with van der Waals surface area (Å²) < 4.78 is 6.42. The number of carbonyl (C=O) groups excluding carboxylic acids is 3. The van der Waals surface area contributed by atoms with E-state index in [4.69, 9.17) is 4.74 Å². The molecule has 0 aliphatic heterocycles. The molecule has 0 bridgehead atoms. The molecule has 0 saturated heterocycles. The topological polar surface area (TPSA) is 105 Å². The van der Waals surface area contributed by atoms with E-state index in [-0.39, 0.29) is 12.4 Å². The van der Waals surface area contributed by atoms with Crippen LogP contribution in [0.15, 0.2) is 60.9 Å². The number of ketones is 1. The van der Waals surface area contributed by atoms with Crippen molar-refractivity contribution in [3.05, 3.63) is 66.5 Å². The lowest BCUT2D eigenvalue weighted by Gasteiger charge is -2.13. The Morgan fingerprint density at radius 2 is 1.77 bits per heavy atom. The van der Waals surface area contributed by atoms with Crippen LogP contribution < -0.4 is 10.6 Å². The van der Waals surface area contributed by atoms with Crippen LogP contribution in [0.25, 0.3) is 21.8 Å². The molecule has 2 aromatic heterocycles. The maximum Gasteiger partial charge on any atom is 0.418 e. The Morgan fingerprint density at radius 1 is 1.06 bits per heavy atom. The summed E-state index contributed by atoms with van der Waals surface area (Å²) in [6.07, 6.45) is 2.62. The zero-order valence-electron chi connectivity index (χ0n) is 17.1. The van der Waals surface area contributed by atoms with Crippen molar-refractivity contribution in [1.29, 1.82) is 0 Å². The van der Waals surface area contributed by atoms with Crippen LogP contribution in [0.5, 0.6) is 0 Å². The van der Waals surface area contributed by atoms with Crippen LogP contribution in [0.3, 0.4) is 0 Å². The summed E-state index contributed by atoms with van der Waals surface area (Å²) >= 11 is 0. The number of aromatic amines is 1. The van der Waals surface area contributed by atoms with Crippen molar-refractivity contribution in [2.45, 2.75) is 19.9 Å². The number of hydrogen-bond donors (Lipinski definition) is 3. The Labute approximate surface area is 178 Å². The summed E-state index contributed by atoms with van der Waals surface area (Å²) in [4.78, 5) is 40.8. The number of ether oxygens (including phenoxy) is 1. The molecule has 1 unspecified atom stereocenters. The average Bonchev–Trinajstić information content (AvgIpc) is 3.35. The molecule has 1 atom stereocenters. The third-order valence-electron chi connectivity index (χ3n) is 5.02. The molecule has 0 radical (unpaired) electrons. The molecule has 3 N–H and O–H groups in total. The summed E-state index contributed by atoms with van der Waals surface area (Å²) in [6, 6.07) is 13.3. The minimum absolute atomic E-state index is 0.207. The second-order valence-electron chi connectivity index (χ2n) is 7.06. The fourth-order valence-corrected chi connectivity index (χ4v) is 3.55. The number of carbonyl (C=O) groups is 3. The first-order valence-corrected chi connectivity index (χ1v) is 9.94. The van der Waals surface area contributed by atoms with Crippen molar-refractivity contribution in [3.63, 3.8) is 0 Å². The van der Waals surface area contributed by atoms with E-state index in [1.165, 1.54) is 10.8 Å². The van der Waals surface area contributed by atoms with Gasteiger partial charge in [-0.15, -0.1) is 0 Å². The summed E-state index contributed by atoms with van der Waals surface area (Å²) in [5.74, 6) is -0.207. The number of fused-ring (bicyclic) bond motifs is 2. The summed E-state index contributed by atoms with van der Waals surface area (Å²) in [5.41, 5.74) is 2.42. The van der Waals surface area contributed by atoms with Gasteiger partial charge in [-0.1, -0.05) is 36.4 Å². The van der Waals surface area contributed by atoms with E-state index < -0.39 is 18.2 Å². The second-order valence-corrected chi connectivity index (χ2v) is 7.06. The summed E-state index contributed by atoms with van der Waals surface area (Å²) in [5, 5.41) is 6.89. The van der Waals surface area contributed by atoms with E-state index in [9.17, 15) is 14.4 Å². The zero-order chi connectivity index (χ0) is 22.0. The van der Waals surface area contributed by atoms with Gasteiger partial charge in [0.25, 0.3) is 0 Å². The van der Waals surface area contributed by atoms with Crippen LogP contribution in [-0.4, -0.2) is 40.1 Å². The van der Waals surface area contributed by atoms with Crippen LogP contribution >= 0.6 is 0 Å². The van der Waals surface area contributed by atoms with Crippen molar-refractivity contribution in [1.82, 2.24) is 14.9 Å². The molecule has 0 aliphatic carbocycles. The monoisotopic (exact) mass is 418 g/mol. The fraction of sp³-hybridized carbons (Fsp3) is 0.174. The second kappa shape index (κ2) is 8.35. The van der Waals surface area contributed by atoms with Gasteiger partial charge in [0, 0.05) is 34.2 Å². The maximum atomic E-state index is 12.9. The predicted octanol–water partition coefficient (Wildman–Crippen LogP) is 4.52. The molecule has 0 aliphatic rings. The molecule has 4 rings (SSSR count). The molecule has 0 fully saturated rings. The van der Waals surface area contributed by atoms with Crippen LogP contribution in [0.2, 0.25) is 0 Å². The Kier molecular flexibility index (Phi) is 5.44. The molecular formula is C23H22N4O4. The van der Waals surface area contributed by atoms with Gasteiger partial charge < -0.3 is 20.4 Å². The molecule has 0 saturated carbocycles. The number of nitrogens with one attached hydrogen (secondary N) is 3. The highest BCUT2D eigenvalue weighted by Crippen LogP contribution is 2.26. The molecule has 8 nitrogen and oxygen atoms in total. The molecule has 4 aromatic rings. The number of urea groups is 1. The Morgan fingerprint density at radius 3 is 2.55 bits per heavy atom. The van der Waals surface area contributed by atoms with Gasteiger partial charge in [-0.25, -0.2) is 9.59 Å². The van der Waals surface area contributed by atoms with Gasteiger partial charge in [0.2, 0.25) is 0 Å². The lowest BCUT2D eigenvalue weighted by molar-refractivity contribution is 0.0956. The van der Waals surface area contributed by atoms with E-state index in [2.05, 4.69) is 15.6 Å². The predicted molar refractivity (Wildman–Crippen MR) is 119 cm³/mol. The Bertz CT molecular complexity index is 1290. The van der Waals surface area contributed by atoms with Crippen LogP contribution in [0.4, 0.5) is 15.3 Å². The van der Waals surface area contributed by atoms with Crippen LogP contribution in [-0.2, 0) is 4.74 Å². The number of H-pyrrole nitrogens is 1. The SMILES string of the molecule is CCOC(=O)n1cc(NC(=O)NC(C)C(=O)c2c[nH]c3ccccc23)c2ccccc21. The van der Waals surface area contributed by atoms with E-state index in [1.807, 2.05) is 30.3 Å². The first kappa shape index (κ1) is 20.2. The minimum atomic E-state index is -0.752. The van der Waals surface area contributed by atoms with Crippen LogP contribution in [0.1, 0.15) is 24.2 Å². The van der Waals surface area contributed by atoms with Crippen molar-refractivity contribution >= 4 is 45.4 Å². The third kappa shape index (κ3) is 3.87. The van der Waals surface area contributed by atoms with Gasteiger partial charge in [-0.3, -0.25) is 9.36 Å². The number of nitrogens with zero attached hydrogens (tertiary/aromatic N) is 1. The highest BCUT2D eigenvalue weighted by Gasteiger charge is 2.21. The van der Waals surface area contributed by atoms with Gasteiger partial charge in [-0.05, 0) is 26.0 Å². The van der Waals surface area contributed by atoms with Crippen LogP contribution in [0, 0.1) is 0 Å². The van der Waals surface area contributed by atoms with Crippen molar-refractivity contribution in [3.8, 4) is 0 Å². The van der Waals surface area contributed by atoms with E-state index >= 15 is 0 Å². The maximum absolute atomic E-state index is 12.9. The fourth-order valence-electron chi connectivity index (χ4n) is 3.55. The number of amides is 2. The highest BCUT2D eigenvalue weighted by atomic mass is 16.5. The average molecular weight is 418 g/mol. The number of hydrogen-bond acceptors (Lipinski definition) is 4. The smallest absolute Gasteiger partial charge is 0.418 e. The van der Waals surface area contributed by atoms with Gasteiger partial charge >= 0.3 is 12.1 Å². The van der Waals surface area contributed by atoms with E-state index in [1.54, 1.807) is 38.2 Å². The number of anilines is 1. The Balaban J connectivity index is 1.51. The van der Waals surface area contributed by atoms with Crippen molar-refractivity contribution in [2.24, 2.45) is 0 Å². The molecule has 31 heavy (non-hydrogen) atoms. The molecular weight excluding hydrogens is 396 g/mol. The van der Waals surface area contributed by atoms with E-state index in [0.717, 1.165) is 10.9 Å². The molecule has 2 aromatic carbocycles. The minimum Gasteiger partial charge on any atom is -0.449 e.